The van der Waals surface area contributed by atoms with Crippen LogP contribution < -0.4 is 10.2 Å². The molecule has 7 heteroatoms. The number of carbonyl (C=O) groups is 2. The third-order valence-corrected chi connectivity index (χ3v) is 4.95. The van der Waals surface area contributed by atoms with Crippen LogP contribution in [0, 0.1) is 12.7 Å². The zero-order valence-electron chi connectivity index (χ0n) is 15.9. The van der Waals surface area contributed by atoms with Gasteiger partial charge in [-0.25, -0.2) is 9.37 Å². The molecule has 0 radical (unpaired) electrons. The lowest BCUT2D eigenvalue weighted by atomic mass is 10.2. The van der Waals surface area contributed by atoms with Gasteiger partial charge < -0.3 is 14.6 Å². The second-order valence-electron chi connectivity index (χ2n) is 6.88. The van der Waals surface area contributed by atoms with Crippen molar-refractivity contribution in [3.63, 3.8) is 0 Å². The van der Waals surface area contributed by atoms with E-state index in [4.69, 9.17) is 4.42 Å². The van der Waals surface area contributed by atoms with Crippen molar-refractivity contribution in [2.45, 2.75) is 19.8 Å². The Labute approximate surface area is 167 Å². The Hall–Kier alpha value is -3.48. The molecule has 0 saturated heterocycles. The summed E-state index contributed by atoms with van der Waals surface area (Å²) in [6.45, 7) is 2.19. The smallest absolute Gasteiger partial charge is 0.246 e. The van der Waals surface area contributed by atoms with Crippen LogP contribution in [-0.4, -0.2) is 29.9 Å². The van der Waals surface area contributed by atoms with E-state index in [1.807, 2.05) is 24.3 Å². The van der Waals surface area contributed by atoms with Crippen LogP contribution in [-0.2, 0) is 22.4 Å². The van der Waals surface area contributed by atoms with Gasteiger partial charge in [0.25, 0.3) is 0 Å². The van der Waals surface area contributed by atoms with Gasteiger partial charge in [0.1, 0.15) is 11.6 Å². The third-order valence-electron chi connectivity index (χ3n) is 4.95. The van der Waals surface area contributed by atoms with E-state index in [-0.39, 0.29) is 36.2 Å². The van der Waals surface area contributed by atoms with Crippen LogP contribution in [0.5, 0.6) is 0 Å². The Morgan fingerprint density at radius 3 is 2.76 bits per heavy atom. The topological polar surface area (TPSA) is 75.4 Å². The fraction of sp³-hybridized carbons (Fsp3) is 0.227. The molecule has 6 nitrogen and oxygen atoms in total. The summed E-state index contributed by atoms with van der Waals surface area (Å²) in [4.78, 5) is 30.7. The number of benzene rings is 2. The molecular weight excluding hydrogens is 373 g/mol. The fourth-order valence-electron chi connectivity index (χ4n) is 3.42. The summed E-state index contributed by atoms with van der Waals surface area (Å²) < 4.78 is 19.4. The fourth-order valence-corrected chi connectivity index (χ4v) is 3.42. The Morgan fingerprint density at radius 2 is 1.93 bits per heavy atom. The molecule has 0 atom stereocenters. The van der Waals surface area contributed by atoms with E-state index in [2.05, 4.69) is 10.3 Å². The summed E-state index contributed by atoms with van der Waals surface area (Å²) in [5, 5.41) is 2.64. The van der Waals surface area contributed by atoms with E-state index in [1.165, 1.54) is 6.07 Å². The third kappa shape index (κ3) is 3.89. The molecule has 4 rings (SSSR count). The van der Waals surface area contributed by atoms with Gasteiger partial charge >= 0.3 is 0 Å². The van der Waals surface area contributed by atoms with Crippen LogP contribution in [0.25, 0.3) is 11.5 Å². The molecule has 0 fully saturated rings. The van der Waals surface area contributed by atoms with E-state index in [0.29, 0.717) is 18.0 Å². The highest BCUT2D eigenvalue weighted by Crippen LogP contribution is 2.27. The second kappa shape index (κ2) is 7.87. The van der Waals surface area contributed by atoms with Gasteiger partial charge in [0.05, 0.1) is 24.2 Å². The lowest BCUT2D eigenvalue weighted by molar-refractivity contribution is -0.124. The molecule has 148 valence electrons. The number of carbonyl (C=O) groups excluding carboxylic acids is 2. The van der Waals surface area contributed by atoms with Gasteiger partial charge in [-0.2, -0.15) is 0 Å². The largest absolute Gasteiger partial charge is 0.441 e. The normalized spacial score (nSPS) is 12.7. The van der Waals surface area contributed by atoms with Gasteiger partial charge in [-0.05, 0) is 37.1 Å². The van der Waals surface area contributed by atoms with Crippen molar-refractivity contribution in [1.82, 2.24) is 10.3 Å². The highest BCUT2D eigenvalue weighted by atomic mass is 19.1. The van der Waals surface area contributed by atoms with Crippen LogP contribution in [0.15, 0.2) is 52.9 Å². The average molecular weight is 393 g/mol. The number of fused-ring (bicyclic) bond motifs is 1. The van der Waals surface area contributed by atoms with E-state index >= 15 is 0 Å². The molecule has 0 saturated carbocycles. The summed E-state index contributed by atoms with van der Waals surface area (Å²) in [7, 11) is 0. The average Bonchev–Trinajstić information content (AvgIpc) is 3.30. The van der Waals surface area contributed by atoms with Gasteiger partial charge in [0.15, 0.2) is 0 Å². The molecule has 1 aromatic heterocycles. The summed E-state index contributed by atoms with van der Waals surface area (Å²) in [5.74, 6) is -0.373. The number of para-hydroxylation sites is 1. The number of hydrogen-bond donors (Lipinski definition) is 1. The van der Waals surface area contributed by atoms with Crippen LogP contribution in [0.1, 0.15) is 17.0 Å². The van der Waals surface area contributed by atoms with Crippen molar-refractivity contribution < 1.29 is 18.4 Å². The molecule has 1 aliphatic heterocycles. The number of amides is 2. The highest BCUT2D eigenvalue weighted by molar-refractivity contribution is 5.98. The minimum absolute atomic E-state index is 0.0480. The predicted octanol–water partition coefficient (Wildman–Crippen LogP) is 3.04. The number of rotatable bonds is 5. The Balaban J connectivity index is 1.37. The van der Waals surface area contributed by atoms with E-state index < -0.39 is 5.82 Å². The maximum absolute atomic E-state index is 13.9. The van der Waals surface area contributed by atoms with Crippen molar-refractivity contribution in [3.8, 4) is 11.5 Å². The molecule has 2 amide bonds. The van der Waals surface area contributed by atoms with Gasteiger partial charge in [0.2, 0.25) is 17.7 Å². The first kappa shape index (κ1) is 18.9. The summed E-state index contributed by atoms with van der Waals surface area (Å²) in [6, 6.07) is 13.9. The standard InChI is InChI=1S/C22H20FN3O3/c1-14-18(25-22(29-14)16-7-3-4-8-17(16)23)12-20(27)24-13-21(28)26-11-10-15-6-2-5-9-19(15)26/h2-9H,10-13H2,1H3,(H,24,27). The first-order valence-electron chi connectivity index (χ1n) is 9.39. The summed E-state index contributed by atoms with van der Waals surface area (Å²) >= 11 is 0. The lowest BCUT2D eigenvalue weighted by Gasteiger charge is -2.17. The van der Waals surface area contributed by atoms with Crippen molar-refractivity contribution in [3.05, 3.63) is 71.4 Å². The summed E-state index contributed by atoms with van der Waals surface area (Å²) in [5.41, 5.74) is 2.68. The lowest BCUT2D eigenvalue weighted by Crippen LogP contribution is -2.40. The number of aromatic nitrogens is 1. The molecular formula is C22H20FN3O3. The monoisotopic (exact) mass is 393 g/mol. The molecule has 0 unspecified atom stereocenters. The number of halogens is 1. The Morgan fingerprint density at radius 1 is 1.17 bits per heavy atom. The quantitative estimate of drug-likeness (QED) is 0.723. The Bertz CT molecular complexity index is 1080. The zero-order valence-corrected chi connectivity index (χ0v) is 15.9. The first-order chi connectivity index (χ1) is 14.0. The number of nitrogens with zero attached hydrogens (tertiary/aromatic N) is 2. The molecule has 29 heavy (non-hydrogen) atoms. The number of anilines is 1. The van der Waals surface area contributed by atoms with Crippen LogP contribution in [0.3, 0.4) is 0 Å². The van der Waals surface area contributed by atoms with E-state index in [0.717, 1.165) is 17.7 Å². The first-order valence-corrected chi connectivity index (χ1v) is 9.39. The van der Waals surface area contributed by atoms with Gasteiger partial charge in [0, 0.05) is 12.2 Å². The van der Waals surface area contributed by atoms with Crippen LogP contribution in [0.4, 0.5) is 10.1 Å². The molecule has 0 aliphatic carbocycles. The minimum atomic E-state index is -0.443. The Kier molecular flexibility index (Phi) is 5.12. The molecule has 2 aromatic carbocycles. The van der Waals surface area contributed by atoms with Crippen molar-refractivity contribution >= 4 is 17.5 Å². The van der Waals surface area contributed by atoms with E-state index in [9.17, 15) is 14.0 Å². The second-order valence-corrected chi connectivity index (χ2v) is 6.88. The number of hydrogen-bond acceptors (Lipinski definition) is 4. The molecule has 0 spiro atoms. The minimum Gasteiger partial charge on any atom is -0.441 e. The number of aryl methyl sites for hydroxylation is 1. The SMILES string of the molecule is Cc1oc(-c2ccccc2F)nc1CC(=O)NCC(=O)N1CCc2ccccc21. The zero-order chi connectivity index (χ0) is 20.4. The van der Waals surface area contributed by atoms with Crippen LogP contribution >= 0.6 is 0 Å². The predicted molar refractivity (Wildman–Crippen MR) is 106 cm³/mol. The van der Waals surface area contributed by atoms with Crippen molar-refractivity contribution in [1.29, 1.82) is 0 Å². The summed E-state index contributed by atoms with van der Waals surface area (Å²) in [6.07, 6.45) is 0.764. The van der Waals surface area contributed by atoms with Crippen LogP contribution in [0.2, 0.25) is 0 Å². The van der Waals surface area contributed by atoms with E-state index in [1.54, 1.807) is 30.0 Å². The maximum Gasteiger partial charge on any atom is 0.246 e. The van der Waals surface area contributed by atoms with Crippen molar-refractivity contribution in [2.75, 3.05) is 18.0 Å². The van der Waals surface area contributed by atoms with Crippen molar-refractivity contribution in [2.24, 2.45) is 0 Å². The molecule has 0 bridgehead atoms. The van der Waals surface area contributed by atoms with Gasteiger partial charge in [-0.3, -0.25) is 9.59 Å². The van der Waals surface area contributed by atoms with Gasteiger partial charge in [-0.15, -0.1) is 0 Å². The number of nitrogens with one attached hydrogen (secondary N) is 1. The highest BCUT2D eigenvalue weighted by Gasteiger charge is 2.24. The maximum atomic E-state index is 13.9. The van der Waals surface area contributed by atoms with Gasteiger partial charge in [-0.1, -0.05) is 30.3 Å². The molecule has 2 heterocycles. The molecule has 1 aliphatic rings. The molecule has 3 aromatic rings. The molecule has 1 N–H and O–H groups in total. The number of oxazole rings is 1.